The first-order chi connectivity index (χ1) is 10.6. The Bertz CT molecular complexity index is 727. The summed E-state index contributed by atoms with van der Waals surface area (Å²) in [5, 5.41) is 5.86. The topological polar surface area (TPSA) is 67.4 Å². The maximum absolute atomic E-state index is 12.1. The molecule has 2 aromatic carbocycles. The van der Waals surface area contributed by atoms with Crippen molar-refractivity contribution >= 4 is 23.3 Å². The maximum Gasteiger partial charge on any atom is 0.334 e. The Morgan fingerprint density at radius 1 is 1.18 bits per heavy atom. The number of hydrogen-bond donors (Lipinski definition) is 2. The molecule has 22 heavy (non-hydrogen) atoms. The summed E-state index contributed by atoms with van der Waals surface area (Å²) >= 11 is 0. The molecule has 5 heteroatoms. The number of benzene rings is 2. The lowest BCUT2D eigenvalue weighted by atomic mass is 10.1. The van der Waals surface area contributed by atoms with Crippen LogP contribution in [0.25, 0.3) is 0 Å². The predicted octanol–water partition coefficient (Wildman–Crippen LogP) is 2.72. The molecule has 1 atom stereocenters. The third-order valence-electron chi connectivity index (χ3n) is 3.52. The molecule has 0 unspecified atom stereocenters. The molecular weight excluding hydrogens is 280 g/mol. The van der Waals surface area contributed by atoms with E-state index in [0.29, 0.717) is 5.75 Å². The van der Waals surface area contributed by atoms with Gasteiger partial charge in [0.2, 0.25) is 5.91 Å². The first kappa shape index (κ1) is 14.1. The van der Waals surface area contributed by atoms with Gasteiger partial charge in [0.1, 0.15) is 6.04 Å². The van der Waals surface area contributed by atoms with Gasteiger partial charge < -0.3 is 15.4 Å². The minimum absolute atomic E-state index is 0.0154. The van der Waals surface area contributed by atoms with Crippen molar-refractivity contribution in [2.45, 2.75) is 19.4 Å². The summed E-state index contributed by atoms with van der Waals surface area (Å²) in [7, 11) is 0. The molecule has 5 nitrogen and oxygen atoms in total. The molecule has 1 aliphatic rings. The van der Waals surface area contributed by atoms with Crippen molar-refractivity contribution in [3.8, 4) is 5.75 Å². The molecule has 0 aromatic heterocycles. The minimum Gasteiger partial charge on any atom is -0.423 e. The van der Waals surface area contributed by atoms with Crippen LogP contribution in [0, 0.1) is 6.92 Å². The number of fused-ring (bicyclic) bond motifs is 1. The summed E-state index contributed by atoms with van der Waals surface area (Å²) in [5.74, 6) is -0.190. The van der Waals surface area contributed by atoms with Crippen molar-refractivity contribution in [2.75, 3.05) is 10.6 Å². The highest BCUT2D eigenvalue weighted by atomic mass is 16.5. The lowest BCUT2D eigenvalue weighted by molar-refractivity contribution is -0.137. The van der Waals surface area contributed by atoms with Crippen LogP contribution < -0.4 is 15.4 Å². The van der Waals surface area contributed by atoms with Crippen molar-refractivity contribution in [1.82, 2.24) is 0 Å². The van der Waals surface area contributed by atoms with Gasteiger partial charge >= 0.3 is 5.97 Å². The summed E-state index contributed by atoms with van der Waals surface area (Å²) < 4.78 is 5.24. The first-order valence-corrected chi connectivity index (χ1v) is 7.06. The molecule has 0 bridgehead atoms. The molecule has 0 aliphatic carbocycles. The van der Waals surface area contributed by atoms with E-state index in [1.807, 2.05) is 43.3 Å². The van der Waals surface area contributed by atoms with Crippen LogP contribution in [0.3, 0.4) is 0 Å². The van der Waals surface area contributed by atoms with Gasteiger partial charge in [0.05, 0.1) is 12.1 Å². The van der Waals surface area contributed by atoms with Crippen LogP contribution in [0.4, 0.5) is 11.4 Å². The third kappa shape index (κ3) is 2.93. The first-order valence-electron chi connectivity index (χ1n) is 7.06. The standard InChI is InChI=1S/C17H16N2O3/c1-11-6-2-3-7-12(11)19-16(20)10-14-17(21)22-15-9-5-4-8-13(15)18-14/h2-9,14,18H,10H2,1H3,(H,19,20)/t14-/m0/s1. The molecule has 0 saturated carbocycles. The van der Waals surface area contributed by atoms with E-state index in [0.717, 1.165) is 16.9 Å². The van der Waals surface area contributed by atoms with Gasteiger partial charge in [0.15, 0.2) is 5.75 Å². The molecule has 0 radical (unpaired) electrons. The van der Waals surface area contributed by atoms with E-state index < -0.39 is 12.0 Å². The Kier molecular flexibility index (Phi) is 3.78. The van der Waals surface area contributed by atoms with Crippen molar-refractivity contribution in [2.24, 2.45) is 0 Å². The van der Waals surface area contributed by atoms with Crippen molar-refractivity contribution in [3.05, 3.63) is 54.1 Å². The lowest BCUT2D eigenvalue weighted by Crippen LogP contribution is -2.39. The second kappa shape index (κ2) is 5.89. The molecule has 2 N–H and O–H groups in total. The van der Waals surface area contributed by atoms with Gasteiger partial charge in [-0.15, -0.1) is 0 Å². The molecular formula is C17H16N2O3. The Balaban J connectivity index is 1.67. The van der Waals surface area contributed by atoms with E-state index in [1.165, 1.54) is 0 Å². The zero-order valence-corrected chi connectivity index (χ0v) is 12.1. The zero-order chi connectivity index (χ0) is 15.5. The highest BCUT2D eigenvalue weighted by Gasteiger charge is 2.29. The molecule has 1 heterocycles. The summed E-state index contributed by atoms with van der Waals surface area (Å²) in [6.07, 6.45) is 0.0154. The Morgan fingerprint density at radius 3 is 2.73 bits per heavy atom. The van der Waals surface area contributed by atoms with Crippen LogP contribution in [0.15, 0.2) is 48.5 Å². The molecule has 1 aliphatic heterocycles. The van der Waals surface area contributed by atoms with Crippen molar-refractivity contribution < 1.29 is 14.3 Å². The quantitative estimate of drug-likeness (QED) is 0.675. The summed E-state index contributed by atoms with van der Waals surface area (Å²) in [6, 6.07) is 14.0. The minimum atomic E-state index is -0.682. The fourth-order valence-electron chi connectivity index (χ4n) is 2.34. The number of para-hydroxylation sites is 3. The number of anilines is 2. The summed E-state index contributed by atoms with van der Waals surface area (Å²) in [6.45, 7) is 1.92. The Labute approximate surface area is 128 Å². The third-order valence-corrected chi connectivity index (χ3v) is 3.52. The van der Waals surface area contributed by atoms with E-state index in [4.69, 9.17) is 4.74 Å². The molecule has 1 amide bonds. The van der Waals surface area contributed by atoms with Crippen LogP contribution in [0.2, 0.25) is 0 Å². The number of carbonyl (C=O) groups excluding carboxylic acids is 2. The van der Waals surface area contributed by atoms with Crippen molar-refractivity contribution in [3.63, 3.8) is 0 Å². The van der Waals surface area contributed by atoms with E-state index in [-0.39, 0.29) is 12.3 Å². The Morgan fingerprint density at radius 2 is 1.91 bits per heavy atom. The fourth-order valence-corrected chi connectivity index (χ4v) is 2.34. The molecule has 0 spiro atoms. The van der Waals surface area contributed by atoms with E-state index in [1.54, 1.807) is 12.1 Å². The smallest absolute Gasteiger partial charge is 0.334 e. The monoisotopic (exact) mass is 296 g/mol. The highest BCUT2D eigenvalue weighted by Crippen LogP contribution is 2.29. The molecule has 0 saturated heterocycles. The largest absolute Gasteiger partial charge is 0.423 e. The fraction of sp³-hybridized carbons (Fsp3) is 0.176. The van der Waals surface area contributed by atoms with E-state index >= 15 is 0 Å². The number of ether oxygens (including phenoxy) is 1. The number of aryl methyl sites for hydroxylation is 1. The molecule has 3 rings (SSSR count). The predicted molar refractivity (Wildman–Crippen MR) is 83.9 cm³/mol. The van der Waals surface area contributed by atoms with Gasteiger partial charge in [0, 0.05) is 5.69 Å². The van der Waals surface area contributed by atoms with Gasteiger partial charge in [-0.1, -0.05) is 30.3 Å². The van der Waals surface area contributed by atoms with Gasteiger partial charge in [-0.2, -0.15) is 0 Å². The summed E-state index contributed by atoms with van der Waals surface area (Å²) in [5.41, 5.74) is 2.44. The zero-order valence-electron chi connectivity index (χ0n) is 12.1. The highest BCUT2D eigenvalue weighted by molar-refractivity contribution is 5.97. The molecule has 2 aromatic rings. The van der Waals surface area contributed by atoms with Crippen molar-refractivity contribution in [1.29, 1.82) is 0 Å². The van der Waals surface area contributed by atoms with Gasteiger partial charge in [0.25, 0.3) is 0 Å². The SMILES string of the molecule is Cc1ccccc1NC(=O)C[C@@H]1Nc2ccccc2OC1=O. The Hall–Kier alpha value is -2.82. The summed E-state index contributed by atoms with van der Waals surface area (Å²) in [4.78, 5) is 24.1. The number of hydrogen-bond acceptors (Lipinski definition) is 4. The normalized spacial score (nSPS) is 16.2. The second-order valence-electron chi connectivity index (χ2n) is 5.18. The van der Waals surface area contributed by atoms with Crippen LogP contribution in [0.1, 0.15) is 12.0 Å². The van der Waals surface area contributed by atoms with E-state index in [2.05, 4.69) is 10.6 Å². The molecule has 0 fully saturated rings. The number of nitrogens with one attached hydrogen (secondary N) is 2. The van der Waals surface area contributed by atoms with Gasteiger partial charge in [-0.25, -0.2) is 4.79 Å². The maximum atomic E-state index is 12.1. The van der Waals surface area contributed by atoms with E-state index in [9.17, 15) is 9.59 Å². The number of esters is 1. The molecule has 112 valence electrons. The average Bonchev–Trinajstić information content (AvgIpc) is 2.50. The van der Waals surface area contributed by atoms with Crippen LogP contribution in [-0.2, 0) is 9.59 Å². The average molecular weight is 296 g/mol. The number of rotatable bonds is 3. The lowest BCUT2D eigenvalue weighted by Gasteiger charge is -2.25. The number of amides is 1. The van der Waals surface area contributed by atoms with Crippen LogP contribution in [-0.4, -0.2) is 17.9 Å². The second-order valence-corrected chi connectivity index (χ2v) is 5.18. The van der Waals surface area contributed by atoms with Crippen LogP contribution in [0.5, 0.6) is 5.75 Å². The number of carbonyl (C=O) groups is 2. The van der Waals surface area contributed by atoms with Gasteiger partial charge in [-0.3, -0.25) is 4.79 Å². The van der Waals surface area contributed by atoms with Crippen LogP contribution >= 0.6 is 0 Å². The van der Waals surface area contributed by atoms with Gasteiger partial charge in [-0.05, 0) is 30.7 Å².